The van der Waals surface area contributed by atoms with Gasteiger partial charge in [-0.2, -0.15) is 0 Å². The molecular weight excluding hydrogens is 128 g/mol. The Kier molecular flexibility index (Phi) is 2.10. The summed E-state index contributed by atoms with van der Waals surface area (Å²) in [4.78, 5) is 13.8. The summed E-state index contributed by atoms with van der Waals surface area (Å²) >= 11 is 0. The van der Waals surface area contributed by atoms with Crippen LogP contribution in [0.25, 0.3) is 0 Å². The van der Waals surface area contributed by atoms with Gasteiger partial charge in [0, 0.05) is 18.9 Å². The minimum atomic E-state index is -0.0243. The highest BCUT2D eigenvalue weighted by Gasteiger charge is 2.01. The van der Waals surface area contributed by atoms with Gasteiger partial charge in [0.1, 0.15) is 0 Å². The van der Waals surface area contributed by atoms with Crippen LogP contribution in [0.3, 0.4) is 0 Å². The summed E-state index contributed by atoms with van der Waals surface area (Å²) in [5.41, 5.74) is 0.682. The lowest BCUT2D eigenvalue weighted by molar-refractivity contribution is 0.0956. The first kappa shape index (κ1) is 6.86. The number of hydrogen-bond acceptors (Lipinski definition) is 1. The molecule has 1 aromatic rings. The molecule has 54 valence electrons. The van der Waals surface area contributed by atoms with Crippen molar-refractivity contribution in [3.8, 4) is 0 Å². The molecule has 0 bridgehead atoms. The standard InChI is InChI=1S/C7H10N2O/c1-2-9-7(10)6-3-4-8-5-6/h3-5,8H,2H2,1H3,(H,9,10). The minimum absolute atomic E-state index is 0.0243. The Labute approximate surface area is 59.4 Å². The molecule has 0 aliphatic rings. The third-order valence-electron chi connectivity index (χ3n) is 1.20. The SMILES string of the molecule is CCNC(=O)c1cc[nH]c1. The van der Waals surface area contributed by atoms with Gasteiger partial charge in [-0.15, -0.1) is 0 Å². The monoisotopic (exact) mass is 138 g/mol. The Balaban J connectivity index is 2.59. The van der Waals surface area contributed by atoms with Crippen LogP contribution in [0.1, 0.15) is 17.3 Å². The van der Waals surface area contributed by atoms with E-state index >= 15 is 0 Å². The summed E-state index contributed by atoms with van der Waals surface area (Å²) in [6.45, 7) is 2.56. The molecule has 3 heteroatoms. The van der Waals surface area contributed by atoms with E-state index in [4.69, 9.17) is 0 Å². The second-order valence-electron chi connectivity index (χ2n) is 1.96. The van der Waals surface area contributed by atoms with Crippen molar-refractivity contribution in [2.45, 2.75) is 6.92 Å². The van der Waals surface area contributed by atoms with E-state index < -0.39 is 0 Å². The molecule has 0 aliphatic heterocycles. The molecule has 1 amide bonds. The number of hydrogen-bond donors (Lipinski definition) is 2. The van der Waals surface area contributed by atoms with Crippen molar-refractivity contribution in [1.29, 1.82) is 0 Å². The zero-order valence-corrected chi connectivity index (χ0v) is 5.85. The van der Waals surface area contributed by atoms with Gasteiger partial charge in [0.25, 0.3) is 5.91 Å². The van der Waals surface area contributed by atoms with E-state index in [9.17, 15) is 4.79 Å². The quantitative estimate of drug-likeness (QED) is 0.622. The first-order valence-electron chi connectivity index (χ1n) is 3.25. The molecule has 0 spiro atoms. The highest BCUT2D eigenvalue weighted by molar-refractivity contribution is 5.93. The number of carbonyl (C=O) groups excluding carboxylic acids is 1. The highest BCUT2D eigenvalue weighted by Crippen LogP contribution is 1.94. The number of rotatable bonds is 2. The van der Waals surface area contributed by atoms with Crippen LogP contribution in [0.5, 0.6) is 0 Å². The van der Waals surface area contributed by atoms with Gasteiger partial charge in [0.15, 0.2) is 0 Å². The fourth-order valence-electron chi connectivity index (χ4n) is 0.728. The third kappa shape index (κ3) is 1.37. The van der Waals surface area contributed by atoms with Gasteiger partial charge in [-0.05, 0) is 13.0 Å². The number of amides is 1. The van der Waals surface area contributed by atoms with Crippen molar-refractivity contribution in [1.82, 2.24) is 10.3 Å². The van der Waals surface area contributed by atoms with Crippen molar-refractivity contribution in [2.24, 2.45) is 0 Å². The molecule has 0 radical (unpaired) electrons. The summed E-state index contributed by atoms with van der Waals surface area (Å²) in [6.07, 6.45) is 3.40. The average Bonchev–Trinajstić information content (AvgIpc) is 2.38. The average molecular weight is 138 g/mol. The molecule has 3 nitrogen and oxygen atoms in total. The number of aromatic amines is 1. The van der Waals surface area contributed by atoms with Gasteiger partial charge in [0.05, 0.1) is 5.56 Å². The molecular formula is C7H10N2O. The van der Waals surface area contributed by atoms with E-state index in [-0.39, 0.29) is 5.91 Å². The molecule has 0 saturated heterocycles. The lowest BCUT2D eigenvalue weighted by Gasteiger charge is -1.96. The molecule has 0 aromatic carbocycles. The van der Waals surface area contributed by atoms with Crippen molar-refractivity contribution < 1.29 is 4.79 Å². The Morgan fingerprint density at radius 1 is 1.80 bits per heavy atom. The minimum Gasteiger partial charge on any atom is -0.367 e. The highest BCUT2D eigenvalue weighted by atomic mass is 16.1. The third-order valence-corrected chi connectivity index (χ3v) is 1.20. The Morgan fingerprint density at radius 2 is 2.60 bits per heavy atom. The maximum Gasteiger partial charge on any atom is 0.252 e. The number of H-pyrrole nitrogens is 1. The van der Waals surface area contributed by atoms with Crippen LogP contribution in [0.4, 0.5) is 0 Å². The van der Waals surface area contributed by atoms with Gasteiger partial charge >= 0.3 is 0 Å². The smallest absolute Gasteiger partial charge is 0.252 e. The number of carbonyl (C=O) groups is 1. The summed E-state index contributed by atoms with van der Waals surface area (Å²) in [5, 5.41) is 2.69. The summed E-state index contributed by atoms with van der Waals surface area (Å²) in [5.74, 6) is -0.0243. The van der Waals surface area contributed by atoms with Crippen molar-refractivity contribution in [3.05, 3.63) is 24.0 Å². The lowest BCUT2D eigenvalue weighted by Crippen LogP contribution is -2.21. The van der Waals surface area contributed by atoms with Crippen molar-refractivity contribution in [2.75, 3.05) is 6.54 Å². The maximum absolute atomic E-state index is 11.0. The molecule has 1 heterocycles. The van der Waals surface area contributed by atoms with Gasteiger partial charge in [-0.1, -0.05) is 0 Å². The molecule has 0 unspecified atom stereocenters. The lowest BCUT2D eigenvalue weighted by atomic mass is 10.3. The van der Waals surface area contributed by atoms with Crippen LogP contribution in [0.15, 0.2) is 18.5 Å². The van der Waals surface area contributed by atoms with E-state index in [0.717, 1.165) is 0 Å². The predicted octanol–water partition coefficient (Wildman–Crippen LogP) is 0.764. The summed E-state index contributed by atoms with van der Waals surface area (Å²) in [7, 11) is 0. The van der Waals surface area contributed by atoms with E-state index in [2.05, 4.69) is 10.3 Å². The van der Waals surface area contributed by atoms with Gasteiger partial charge < -0.3 is 10.3 Å². The van der Waals surface area contributed by atoms with Gasteiger partial charge in [-0.25, -0.2) is 0 Å². The topological polar surface area (TPSA) is 44.9 Å². The van der Waals surface area contributed by atoms with Crippen LogP contribution < -0.4 is 5.32 Å². The van der Waals surface area contributed by atoms with Crippen LogP contribution in [0.2, 0.25) is 0 Å². The Bertz CT molecular complexity index is 203. The second kappa shape index (κ2) is 3.06. The van der Waals surface area contributed by atoms with E-state index in [1.54, 1.807) is 18.5 Å². The van der Waals surface area contributed by atoms with Crippen LogP contribution in [-0.4, -0.2) is 17.4 Å². The second-order valence-corrected chi connectivity index (χ2v) is 1.96. The normalized spacial score (nSPS) is 9.30. The summed E-state index contributed by atoms with van der Waals surface area (Å²) in [6, 6.07) is 1.74. The van der Waals surface area contributed by atoms with Gasteiger partial charge in [-0.3, -0.25) is 4.79 Å². The molecule has 10 heavy (non-hydrogen) atoms. The Morgan fingerprint density at radius 3 is 3.10 bits per heavy atom. The fourth-order valence-corrected chi connectivity index (χ4v) is 0.728. The molecule has 0 aliphatic carbocycles. The van der Waals surface area contributed by atoms with E-state index in [0.29, 0.717) is 12.1 Å². The van der Waals surface area contributed by atoms with Crippen LogP contribution in [0, 0.1) is 0 Å². The van der Waals surface area contributed by atoms with Crippen LogP contribution >= 0.6 is 0 Å². The molecule has 2 N–H and O–H groups in total. The number of aromatic nitrogens is 1. The Hall–Kier alpha value is -1.25. The molecule has 0 atom stereocenters. The van der Waals surface area contributed by atoms with E-state index in [1.165, 1.54) is 0 Å². The maximum atomic E-state index is 11.0. The molecule has 1 rings (SSSR count). The first-order chi connectivity index (χ1) is 4.84. The number of nitrogens with one attached hydrogen (secondary N) is 2. The van der Waals surface area contributed by atoms with Crippen molar-refractivity contribution >= 4 is 5.91 Å². The largest absolute Gasteiger partial charge is 0.367 e. The zero-order valence-electron chi connectivity index (χ0n) is 5.85. The summed E-state index contributed by atoms with van der Waals surface area (Å²) < 4.78 is 0. The zero-order chi connectivity index (χ0) is 7.40. The van der Waals surface area contributed by atoms with Crippen molar-refractivity contribution in [3.63, 3.8) is 0 Å². The molecule has 0 fully saturated rings. The molecule has 1 aromatic heterocycles. The van der Waals surface area contributed by atoms with Gasteiger partial charge in [0.2, 0.25) is 0 Å². The first-order valence-corrected chi connectivity index (χ1v) is 3.25. The predicted molar refractivity (Wildman–Crippen MR) is 38.8 cm³/mol. The molecule has 0 saturated carbocycles. The van der Waals surface area contributed by atoms with E-state index in [1.807, 2.05) is 6.92 Å². The fraction of sp³-hybridized carbons (Fsp3) is 0.286. The van der Waals surface area contributed by atoms with Crippen LogP contribution in [-0.2, 0) is 0 Å².